The van der Waals surface area contributed by atoms with E-state index in [-0.39, 0.29) is 5.91 Å². The van der Waals surface area contributed by atoms with Gasteiger partial charge in [0.1, 0.15) is 0 Å². The standard InChI is InChI=1S/C13H21N3O/c1-14-9-10-15(2)11-13(17)16(3)12-7-5-4-6-8-12/h4-8,14H,9-11H2,1-3H3. The highest BCUT2D eigenvalue weighted by molar-refractivity contribution is 5.94. The summed E-state index contributed by atoms with van der Waals surface area (Å²) in [7, 11) is 5.67. The molecular weight excluding hydrogens is 214 g/mol. The van der Waals surface area contributed by atoms with Gasteiger partial charge in [0, 0.05) is 25.8 Å². The first-order valence-corrected chi connectivity index (χ1v) is 5.80. The molecule has 0 aromatic heterocycles. The van der Waals surface area contributed by atoms with E-state index in [1.54, 1.807) is 4.90 Å². The van der Waals surface area contributed by atoms with Gasteiger partial charge in [0.15, 0.2) is 0 Å². The molecule has 0 atom stereocenters. The molecule has 4 nitrogen and oxygen atoms in total. The van der Waals surface area contributed by atoms with Gasteiger partial charge in [0.2, 0.25) is 5.91 Å². The van der Waals surface area contributed by atoms with Gasteiger partial charge in [0.25, 0.3) is 0 Å². The first-order chi connectivity index (χ1) is 8.15. The summed E-state index contributed by atoms with van der Waals surface area (Å²) in [6, 6.07) is 9.69. The summed E-state index contributed by atoms with van der Waals surface area (Å²) in [5.41, 5.74) is 0.930. The summed E-state index contributed by atoms with van der Waals surface area (Å²) in [6.45, 7) is 2.19. The molecule has 17 heavy (non-hydrogen) atoms. The van der Waals surface area contributed by atoms with Gasteiger partial charge in [-0.2, -0.15) is 0 Å². The minimum atomic E-state index is 0.106. The first-order valence-electron chi connectivity index (χ1n) is 5.80. The number of amides is 1. The summed E-state index contributed by atoms with van der Waals surface area (Å²) < 4.78 is 0. The van der Waals surface area contributed by atoms with Crippen molar-refractivity contribution in [2.45, 2.75) is 0 Å². The van der Waals surface area contributed by atoms with Crippen LogP contribution in [-0.4, -0.2) is 51.6 Å². The number of para-hydroxylation sites is 1. The number of likely N-dealkylation sites (N-methyl/N-ethyl adjacent to an activating group) is 3. The molecule has 94 valence electrons. The van der Waals surface area contributed by atoms with Crippen molar-refractivity contribution in [2.75, 3.05) is 45.7 Å². The molecule has 0 spiro atoms. The van der Waals surface area contributed by atoms with E-state index in [1.807, 2.05) is 56.4 Å². The van der Waals surface area contributed by atoms with Gasteiger partial charge < -0.3 is 10.2 Å². The van der Waals surface area contributed by atoms with Gasteiger partial charge in [0.05, 0.1) is 6.54 Å². The molecule has 0 aliphatic heterocycles. The maximum atomic E-state index is 12.0. The number of hydrogen-bond donors (Lipinski definition) is 1. The minimum absolute atomic E-state index is 0.106. The van der Waals surface area contributed by atoms with Crippen molar-refractivity contribution >= 4 is 11.6 Å². The number of carbonyl (C=O) groups excluding carboxylic acids is 1. The van der Waals surface area contributed by atoms with E-state index in [4.69, 9.17) is 0 Å². The molecular formula is C13H21N3O. The Hall–Kier alpha value is -1.39. The van der Waals surface area contributed by atoms with Crippen molar-refractivity contribution in [3.63, 3.8) is 0 Å². The smallest absolute Gasteiger partial charge is 0.240 e. The van der Waals surface area contributed by atoms with Gasteiger partial charge >= 0.3 is 0 Å². The van der Waals surface area contributed by atoms with Crippen molar-refractivity contribution in [2.24, 2.45) is 0 Å². The first kappa shape index (κ1) is 13.7. The zero-order chi connectivity index (χ0) is 12.7. The van der Waals surface area contributed by atoms with Crippen LogP contribution in [0.1, 0.15) is 0 Å². The maximum Gasteiger partial charge on any atom is 0.240 e. The van der Waals surface area contributed by atoms with Crippen LogP contribution < -0.4 is 10.2 Å². The van der Waals surface area contributed by atoms with Crippen LogP contribution in [0.2, 0.25) is 0 Å². The lowest BCUT2D eigenvalue weighted by atomic mass is 10.3. The lowest BCUT2D eigenvalue weighted by Gasteiger charge is -2.21. The highest BCUT2D eigenvalue weighted by Crippen LogP contribution is 2.10. The second-order valence-corrected chi connectivity index (χ2v) is 4.13. The summed E-state index contributed by atoms with van der Waals surface area (Å²) in [5, 5.41) is 3.07. The van der Waals surface area contributed by atoms with E-state index >= 15 is 0 Å². The van der Waals surface area contributed by atoms with Crippen molar-refractivity contribution in [1.82, 2.24) is 10.2 Å². The van der Waals surface area contributed by atoms with Crippen LogP contribution in [0.25, 0.3) is 0 Å². The second kappa shape index (κ2) is 7.04. The summed E-state index contributed by atoms with van der Waals surface area (Å²) in [4.78, 5) is 15.7. The molecule has 0 unspecified atom stereocenters. The van der Waals surface area contributed by atoms with Crippen molar-refractivity contribution in [3.05, 3.63) is 30.3 Å². The molecule has 1 N–H and O–H groups in total. The molecule has 0 saturated carbocycles. The molecule has 1 rings (SSSR count). The molecule has 0 saturated heterocycles. The van der Waals surface area contributed by atoms with Crippen LogP contribution >= 0.6 is 0 Å². The zero-order valence-electron chi connectivity index (χ0n) is 10.8. The van der Waals surface area contributed by atoms with Crippen LogP contribution in [0, 0.1) is 0 Å². The van der Waals surface area contributed by atoms with Crippen molar-refractivity contribution in [3.8, 4) is 0 Å². The van der Waals surface area contributed by atoms with Crippen molar-refractivity contribution < 1.29 is 4.79 Å². The SMILES string of the molecule is CNCCN(C)CC(=O)N(C)c1ccccc1. The predicted molar refractivity (Wildman–Crippen MR) is 71.3 cm³/mol. The molecule has 0 aliphatic carbocycles. The third-order valence-corrected chi connectivity index (χ3v) is 2.67. The van der Waals surface area contributed by atoms with E-state index in [9.17, 15) is 4.79 Å². The van der Waals surface area contributed by atoms with Crippen LogP contribution in [0.15, 0.2) is 30.3 Å². The largest absolute Gasteiger partial charge is 0.318 e. The van der Waals surface area contributed by atoms with Gasteiger partial charge in [-0.15, -0.1) is 0 Å². The number of nitrogens with zero attached hydrogens (tertiary/aromatic N) is 2. The highest BCUT2D eigenvalue weighted by atomic mass is 16.2. The van der Waals surface area contributed by atoms with E-state index < -0.39 is 0 Å². The Morgan fingerprint density at radius 2 is 1.88 bits per heavy atom. The zero-order valence-corrected chi connectivity index (χ0v) is 10.8. The lowest BCUT2D eigenvalue weighted by molar-refractivity contribution is -0.119. The second-order valence-electron chi connectivity index (χ2n) is 4.13. The third-order valence-electron chi connectivity index (χ3n) is 2.67. The van der Waals surface area contributed by atoms with E-state index in [1.165, 1.54) is 0 Å². The number of anilines is 1. The number of hydrogen-bond acceptors (Lipinski definition) is 3. The molecule has 1 amide bonds. The van der Waals surface area contributed by atoms with Gasteiger partial charge in [-0.05, 0) is 26.2 Å². The van der Waals surface area contributed by atoms with Crippen LogP contribution in [0.5, 0.6) is 0 Å². The molecule has 1 aromatic rings. The average molecular weight is 235 g/mol. The third kappa shape index (κ3) is 4.54. The van der Waals surface area contributed by atoms with Crippen LogP contribution in [-0.2, 0) is 4.79 Å². The van der Waals surface area contributed by atoms with E-state index in [0.717, 1.165) is 18.8 Å². The number of nitrogens with one attached hydrogen (secondary N) is 1. The highest BCUT2D eigenvalue weighted by Gasteiger charge is 2.12. The van der Waals surface area contributed by atoms with Gasteiger partial charge in [-0.3, -0.25) is 9.69 Å². The van der Waals surface area contributed by atoms with E-state index in [0.29, 0.717) is 6.54 Å². The Labute approximate surface area is 103 Å². The number of carbonyl (C=O) groups is 1. The fourth-order valence-electron chi connectivity index (χ4n) is 1.51. The monoisotopic (exact) mass is 235 g/mol. The Morgan fingerprint density at radius 1 is 1.24 bits per heavy atom. The Morgan fingerprint density at radius 3 is 2.47 bits per heavy atom. The fourth-order valence-corrected chi connectivity index (χ4v) is 1.51. The Kier molecular flexibility index (Phi) is 5.66. The normalized spacial score (nSPS) is 10.6. The van der Waals surface area contributed by atoms with Crippen LogP contribution in [0.4, 0.5) is 5.69 Å². The maximum absolute atomic E-state index is 12.0. The Balaban J connectivity index is 2.47. The molecule has 4 heteroatoms. The molecule has 0 heterocycles. The summed E-state index contributed by atoms with van der Waals surface area (Å²) in [5.74, 6) is 0.106. The molecule has 0 bridgehead atoms. The fraction of sp³-hybridized carbons (Fsp3) is 0.462. The van der Waals surface area contributed by atoms with Gasteiger partial charge in [-0.25, -0.2) is 0 Å². The average Bonchev–Trinajstić information content (AvgIpc) is 2.36. The summed E-state index contributed by atoms with van der Waals surface area (Å²) in [6.07, 6.45) is 0. The minimum Gasteiger partial charge on any atom is -0.318 e. The molecule has 0 radical (unpaired) electrons. The topological polar surface area (TPSA) is 35.6 Å². The molecule has 1 aromatic carbocycles. The summed E-state index contributed by atoms with van der Waals surface area (Å²) >= 11 is 0. The molecule has 0 aliphatic rings. The van der Waals surface area contributed by atoms with E-state index in [2.05, 4.69) is 5.32 Å². The van der Waals surface area contributed by atoms with Gasteiger partial charge in [-0.1, -0.05) is 18.2 Å². The Bertz CT molecular complexity index is 340. The van der Waals surface area contributed by atoms with Crippen molar-refractivity contribution in [1.29, 1.82) is 0 Å². The predicted octanol–water partition coefficient (Wildman–Crippen LogP) is 0.801. The molecule has 0 fully saturated rings. The number of rotatable bonds is 6. The number of benzene rings is 1. The van der Waals surface area contributed by atoms with Crippen LogP contribution in [0.3, 0.4) is 0 Å². The lowest BCUT2D eigenvalue weighted by Crippen LogP contribution is -2.38. The quantitative estimate of drug-likeness (QED) is 0.792.